The Kier molecular flexibility index (Phi) is 3.45. The summed E-state index contributed by atoms with van der Waals surface area (Å²) in [6.45, 7) is 2.74. The molecule has 0 unspecified atom stereocenters. The Balaban J connectivity index is 2.06. The second-order valence-corrected chi connectivity index (χ2v) is 5.77. The molecule has 0 amide bonds. The first-order valence-electron chi connectivity index (χ1n) is 7.25. The number of pyridine rings is 1. The zero-order valence-corrected chi connectivity index (χ0v) is 12.4. The van der Waals surface area contributed by atoms with Crippen LogP contribution in [0.1, 0.15) is 18.4 Å². The van der Waals surface area contributed by atoms with E-state index in [9.17, 15) is 4.79 Å². The summed E-state index contributed by atoms with van der Waals surface area (Å²) in [6.07, 6.45) is 4.33. The van der Waals surface area contributed by atoms with Gasteiger partial charge in [0.15, 0.2) is 0 Å². The summed E-state index contributed by atoms with van der Waals surface area (Å²) in [7, 11) is 1.75. The fraction of sp³-hybridized carbons (Fsp3) is 0.353. The number of ether oxygens (including phenoxy) is 1. The van der Waals surface area contributed by atoms with E-state index < -0.39 is 0 Å². The number of aromatic nitrogens is 1. The highest BCUT2D eigenvalue weighted by atomic mass is 16.5. The fourth-order valence-corrected chi connectivity index (χ4v) is 2.42. The molecule has 21 heavy (non-hydrogen) atoms. The molecule has 0 spiro atoms. The molecule has 1 saturated carbocycles. The molecular weight excluding hydrogens is 264 g/mol. The molecule has 1 heterocycles. The van der Waals surface area contributed by atoms with Gasteiger partial charge in [-0.15, -0.1) is 0 Å². The van der Waals surface area contributed by atoms with Crippen LogP contribution in [0.5, 0.6) is 5.75 Å². The van der Waals surface area contributed by atoms with E-state index >= 15 is 0 Å². The zero-order chi connectivity index (χ0) is 15.0. The number of anilines is 1. The summed E-state index contributed by atoms with van der Waals surface area (Å²) in [5.74, 6) is 1.53. The Morgan fingerprint density at radius 1 is 1.29 bits per heavy atom. The summed E-state index contributed by atoms with van der Waals surface area (Å²) in [5.41, 5.74) is 9.66. The average Bonchev–Trinajstić information content (AvgIpc) is 3.28. The number of nitrogens with zero attached hydrogens (tertiary/aromatic N) is 1. The average molecular weight is 284 g/mol. The van der Waals surface area contributed by atoms with E-state index in [4.69, 9.17) is 10.5 Å². The van der Waals surface area contributed by atoms with Crippen LogP contribution in [-0.4, -0.2) is 11.2 Å². The molecule has 1 aromatic carbocycles. The molecule has 2 aromatic rings. The van der Waals surface area contributed by atoms with E-state index in [0.717, 1.165) is 34.7 Å². The van der Waals surface area contributed by atoms with Gasteiger partial charge in [-0.3, -0.25) is 4.79 Å². The van der Waals surface area contributed by atoms with Gasteiger partial charge in [-0.05, 0) is 49.4 Å². The molecule has 1 fully saturated rings. The largest absolute Gasteiger partial charge is 0.493 e. The van der Waals surface area contributed by atoms with Gasteiger partial charge in [0, 0.05) is 36.1 Å². The van der Waals surface area contributed by atoms with E-state index in [1.54, 1.807) is 17.7 Å². The smallest absolute Gasteiger partial charge is 0.250 e. The molecule has 0 bridgehead atoms. The predicted molar refractivity (Wildman–Crippen MR) is 84.5 cm³/mol. The van der Waals surface area contributed by atoms with Crippen molar-refractivity contribution >= 4 is 5.69 Å². The number of nitrogens with two attached hydrogens (primary N) is 1. The minimum Gasteiger partial charge on any atom is -0.493 e. The van der Waals surface area contributed by atoms with Gasteiger partial charge in [-0.1, -0.05) is 0 Å². The third kappa shape index (κ3) is 2.79. The molecule has 0 aliphatic heterocycles. The molecule has 4 nitrogen and oxygen atoms in total. The van der Waals surface area contributed by atoms with E-state index in [1.165, 1.54) is 12.8 Å². The Hall–Kier alpha value is -2.23. The summed E-state index contributed by atoms with van der Waals surface area (Å²) >= 11 is 0. The first-order valence-corrected chi connectivity index (χ1v) is 7.25. The van der Waals surface area contributed by atoms with E-state index in [2.05, 4.69) is 0 Å². The lowest BCUT2D eigenvalue weighted by molar-refractivity contribution is 0.301. The standard InChI is InChI=1S/C17H20N2O2/c1-11-14(18)6-7-15(21-10-12-3-4-12)17(11)13-5-8-16(20)19(2)9-13/h5-9,12H,3-4,10,18H2,1-2H3. The minimum atomic E-state index is -0.0271. The number of hydrogen-bond donors (Lipinski definition) is 1. The molecule has 0 radical (unpaired) electrons. The monoisotopic (exact) mass is 284 g/mol. The van der Waals surface area contributed by atoms with Crippen molar-refractivity contribution in [3.05, 3.63) is 46.4 Å². The molecule has 0 saturated heterocycles. The second-order valence-electron chi connectivity index (χ2n) is 5.77. The first-order chi connectivity index (χ1) is 10.1. The van der Waals surface area contributed by atoms with Crippen molar-refractivity contribution in [3.63, 3.8) is 0 Å². The van der Waals surface area contributed by atoms with E-state index in [0.29, 0.717) is 5.92 Å². The van der Waals surface area contributed by atoms with Crippen LogP contribution in [0, 0.1) is 12.8 Å². The molecule has 1 aromatic heterocycles. The van der Waals surface area contributed by atoms with Crippen molar-refractivity contribution < 1.29 is 4.74 Å². The summed E-state index contributed by atoms with van der Waals surface area (Å²) in [5, 5.41) is 0. The highest BCUT2D eigenvalue weighted by Gasteiger charge is 2.23. The van der Waals surface area contributed by atoms with Gasteiger partial charge in [0.2, 0.25) is 5.56 Å². The molecule has 1 aliphatic rings. The van der Waals surface area contributed by atoms with Crippen LogP contribution >= 0.6 is 0 Å². The number of benzene rings is 1. The fourth-order valence-electron chi connectivity index (χ4n) is 2.42. The molecule has 4 heteroatoms. The Morgan fingerprint density at radius 3 is 2.71 bits per heavy atom. The molecule has 3 rings (SSSR count). The third-order valence-corrected chi connectivity index (χ3v) is 4.01. The number of nitrogen functional groups attached to an aromatic ring is 1. The van der Waals surface area contributed by atoms with Gasteiger partial charge in [0.25, 0.3) is 0 Å². The van der Waals surface area contributed by atoms with Crippen molar-refractivity contribution in [3.8, 4) is 16.9 Å². The lowest BCUT2D eigenvalue weighted by atomic mass is 9.99. The lowest BCUT2D eigenvalue weighted by Gasteiger charge is -2.16. The van der Waals surface area contributed by atoms with Crippen molar-refractivity contribution in [2.75, 3.05) is 12.3 Å². The second kappa shape index (κ2) is 5.28. The maximum absolute atomic E-state index is 11.6. The molecule has 1 aliphatic carbocycles. The number of aryl methyl sites for hydroxylation is 1. The number of rotatable bonds is 4. The van der Waals surface area contributed by atoms with Crippen molar-refractivity contribution in [1.82, 2.24) is 4.57 Å². The SMILES string of the molecule is Cc1c(N)ccc(OCC2CC2)c1-c1ccc(=O)n(C)c1. The summed E-state index contributed by atoms with van der Waals surface area (Å²) in [6, 6.07) is 7.20. The Morgan fingerprint density at radius 2 is 2.05 bits per heavy atom. The molecule has 2 N–H and O–H groups in total. The Bertz CT molecular complexity index is 730. The van der Waals surface area contributed by atoms with Crippen LogP contribution in [0.3, 0.4) is 0 Å². The van der Waals surface area contributed by atoms with Gasteiger partial charge in [0.1, 0.15) is 5.75 Å². The van der Waals surface area contributed by atoms with Crippen LogP contribution in [0.25, 0.3) is 11.1 Å². The molecular formula is C17H20N2O2. The molecule has 110 valence electrons. The number of hydrogen-bond acceptors (Lipinski definition) is 3. The first kappa shape index (κ1) is 13.7. The highest BCUT2D eigenvalue weighted by molar-refractivity contribution is 5.78. The topological polar surface area (TPSA) is 57.2 Å². The quantitative estimate of drug-likeness (QED) is 0.878. The van der Waals surface area contributed by atoms with Crippen LogP contribution in [-0.2, 0) is 7.05 Å². The van der Waals surface area contributed by atoms with Crippen LogP contribution in [0.2, 0.25) is 0 Å². The maximum atomic E-state index is 11.6. The zero-order valence-electron chi connectivity index (χ0n) is 12.4. The minimum absolute atomic E-state index is 0.0271. The van der Waals surface area contributed by atoms with Crippen molar-refractivity contribution in [2.24, 2.45) is 13.0 Å². The molecule has 0 atom stereocenters. The third-order valence-electron chi connectivity index (χ3n) is 4.01. The van der Waals surface area contributed by atoms with E-state index in [-0.39, 0.29) is 5.56 Å². The lowest BCUT2D eigenvalue weighted by Crippen LogP contribution is -2.14. The summed E-state index contributed by atoms with van der Waals surface area (Å²) in [4.78, 5) is 11.6. The normalized spacial score (nSPS) is 14.2. The van der Waals surface area contributed by atoms with Gasteiger partial charge in [-0.25, -0.2) is 0 Å². The van der Waals surface area contributed by atoms with Crippen molar-refractivity contribution in [1.29, 1.82) is 0 Å². The van der Waals surface area contributed by atoms with Crippen LogP contribution < -0.4 is 16.0 Å². The van der Waals surface area contributed by atoms with Crippen molar-refractivity contribution in [2.45, 2.75) is 19.8 Å². The van der Waals surface area contributed by atoms with Crippen LogP contribution in [0.15, 0.2) is 35.3 Å². The van der Waals surface area contributed by atoms with Gasteiger partial charge >= 0.3 is 0 Å². The van der Waals surface area contributed by atoms with Crippen LogP contribution in [0.4, 0.5) is 5.69 Å². The Labute approximate surface area is 124 Å². The van der Waals surface area contributed by atoms with Gasteiger partial charge in [0.05, 0.1) is 6.61 Å². The van der Waals surface area contributed by atoms with Gasteiger partial charge < -0.3 is 15.0 Å². The highest BCUT2D eigenvalue weighted by Crippen LogP contribution is 2.37. The van der Waals surface area contributed by atoms with E-state index in [1.807, 2.05) is 31.3 Å². The summed E-state index contributed by atoms with van der Waals surface area (Å²) < 4.78 is 7.55. The predicted octanol–water partition coefficient (Wildman–Crippen LogP) is 2.73. The maximum Gasteiger partial charge on any atom is 0.250 e. The van der Waals surface area contributed by atoms with Gasteiger partial charge in [-0.2, -0.15) is 0 Å².